The highest BCUT2D eigenvalue weighted by atomic mass is 19.4. The smallest absolute Gasteiger partial charge is 0.354 e. The van der Waals surface area contributed by atoms with Crippen molar-refractivity contribution in [1.29, 1.82) is 0 Å². The van der Waals surface area contributed by atoms with Crippen molar-refractivity contribution < 1.29 is 13.2 Å². The molecule has 4 nitrogen and oxygen atoms in total. The van der Waals surface area contributed by atoms with E-state index < -0.39 is 12.0 Å². The number of halogens is 3. The van der Waals surface area contributed by atoms with Gasteiger partial charge in [0.1, 0.15) is 0 Å². The fraction of sp³-hybridized carbons (Fsp3) is 0.778. The molecule has 1 aliphatic heterocycles. The molecule has 0 fully saturated rings. The van der Waals surface area contributed by atoms with Crippen molar-refractivity contribution in [1.82, 2.24) is 14.8 Å². The molecule has 1 aliphatic rings. The summed E-state index contributed by atoms with van der Waals surface area (Å²) in [6.07, 6.45) is -3.73. The molecule has 0 saturated carbocycles. The molecule has 0 aromatic carbocycles. The van der Waals surface area contributed by atoms with Gasteiger partial charge in [0.05, 0.1) is 6.04 Å². The largest absolute Gasteiger partial charge is 0.453 e. The Morgan fingerprint density at radius 1 is 1.50 bits per heavy atom. The van der Waals surface area contributed by atoms with Crippen molar-refractivity contribution in [2.24, 2.45) is 5.92 Å². The first kappa shape index (κ1) is 11.2. The Morgan fingerprint density at radius 3 is 2.75 bits per heavy atom. The lowest BCUT2D eigenvalue weighted by molar-refractivity contribution is -0.145. The maximum absolute atomic E-state index is 12.4. The number of nitrogens with one attached hydrogen (secondary N) is 1. The van der Waals surface area contributed by atoms with Gasteiger partial charge in [0, 0.05) is 6.54 Å². The number of hydrogen-bond donors (Lipinski definition) is 1. The van der Waals surface area contributed by atoms with Crippen LogP contribution in [0.4, 0.5) is 19.1 Å². The van der Waals surface area contributed by atoms with Crippen LogP contribution in [0.5, 0.6) is 0 Å². The van der Waals surface area contributed by atoms with Gasteiger partial charge in [-0.15, -0.1) is 5.10 Å². The minimum atomic E-state index is -4.48. The zero-order chi connectivity index (χ0) is 11.9. The van der Waals surface area contributed by atoms with Gasteiger partial charge in [0.25, 0.3) is 5.82 Å². The average Bonchev–Trinajstić information content (AvgIpc) is 2.60. The molecule has 2 heterocycles. The van der Waals surface area contributed by atoms with Crippen molar-refractivity contribution in [2.45, 2.75) is 32.5 Å². The number of anilines is 1. The van der Waals surface area contributed by atoms with E-state index in [1.54, 1.807) is 0 Å². The Labute approximate surface area is 90.9 Å². The summed E-state index contributed by atoms with van der Waals surface area (Å²) in [6, 6.07) is -0.0140. The second kappa shape index (κ2) is 3.64. The van der Waals surface area contributed by atoms with Crippen LogP contribution in [0.2, 0.25) is 0 Å². The van der Waals surface area contributed by atoms with E-state index >= 15 is 0 Å². The first-order chi connectivity index (χ1) is 7.43. The molecular weight excluding hydrogens is 221 g/mol. The second-order valence-corrected chi connectivity index (χ2v) is 4.04. The van der Waals surface area contributed by atoms with E-state index in [-0.39, 0.29) is 17.9 Å². The lowest BCUT2D eigenvalue weighted by Crippen LogP contribution is -2.31. The van der Waals surface area contributed by atoms with Crippen LogP contribution in [0.15, 0.2) is 0 Å². The fourth-order valence-electron chi connectivity index (χ4n) is 2.00. The van der Waals surface area contributed by atoms with E-state index in [0.717, 1.165) is 6.42 Å². The summed E-state index contributed by atoms with van der Waals surface area (Å²) in [7, 11) is 0. The molecule has 1 aromatic rings. The molecule has 16 heavy (non-hydrogen) atoms. The summed E-state index contributed by atoms with van der Waals surface area (Å²) < 4.78 is 38.7. The molecular formula is C9H13F3N4. The second-order valence-electron chi connectivity index (χ2n) is 4.04. The number of hydrogen-bond acceptors (Lipinski definition) is 3. The Bertz CT molecular complexity index is 385. The Kier molecular flexibility index (Phi) is 2.55. The van der Waals surface area contributed by atoms with Gasteiger partial charge in [-0.25, -0.2) is 4.68 Å². The highest BCUT2D eigenvalue weighted by Crippen LogP contribution is 2.33. The van der Waals surface area contributed by atoms with E-state index in [9.17, 15) is 13.2 Å². The predicted molar refractivity (Wildman–Crippen MR) is 52.0 cm³/mol. The summed E-state index contributed by atoms with van der Waals surface area (Å²) in [5.41, 5.74) is 0. The van der Waals surface area contributed by atoms with E-state index in [0.29, 0.717) is 6.54 Å². The first-order valence-electron chi connectivity index (χ1n) is 5.21. The molecule has 1 aromatic heterocycles. The summed E-state index contributed by atoms with van der Waals surface area (Å²) in [6.45, 7) is 4.55. The maximum Gasteiger partial charge on any atom is 0.453 e. The van der Waals surface area contributed by atoms with Crippen LogP contribution in [0.25, 0.3) is 0 Å². The van der Waals surface area contributed by atoms with Gasteiger partial charge >= 0.3 is 6.18 Å². The van der Waals surface area contributed by atoms with Gasteiger partial charge in [-0.2, -0.15) is 18.2 Å². The van der Waals surface area contributed by atoms with Gasteiger partial charge in [-0.3, -0.25) is 0 Å². The molecule has 0 amide bonds. The highest BCUT2D eigenvalue weighted by Gasteiger charge is 2.39. The van der Waals surface area contributed by atoms with Crippen molar-refractivity contribution in [3.05, 3.63) is 5.82 Å². The van der Waals surface area contributed by atoms with Crippen LogP contribution < -0.4 is 5.32 Å². The van der Waals surface area contributed by atoms with Gasteiger partial charge in [0.15, 0.2) is 0 Å². The van der Waals surface area contributed by atoms with E-state index in [1.807, 2.05) is 13.8 Å². The van der Waals surface area contributed by atoms with Crippen molar-refractivity contribution in [2.75, 3.05) is 11.9 Å². The number of alkyl halides is 3. The fourth-order valence-corrected chi connectivity index (χ4v) is 2.00. The number of rotatable bonds is 1. The average molecular weight is 234 g/mol. The molecule has 0 radical (unpaired) electrons. The van der Waals surface area contributed by atoms with Crippen LogP contribution in [0.1, 0.15) is 32.1 Å². The summed E-state index contributed by atoms with van der Waals surface area (Å²) in [5.74, 6) is -0.597. The first-order valence-corrected chi connectivity index (χ1v) is 5.21. The van der Waals surface area contributed by atoms with Crippen LogP contribution in [-0.4, -0.2) is 21.3 Å². The lowest BCUT2D eigenvalue weighted by Gasteiger charge is -2.29. The minimum Gasteiger partial charge on any atom is -0.354 e. The molecule has 2 unspecified atom stereocenters. The van der Waals surface area contributed by atoms with E-state index in [4.69, 9.17) is 0 Å². The van der Waals surface area contributed by atoms with Gasteiger partial charge in [-0.05, 0) is 12.3 Å². The van der Waals surface area contributed by atoms with E-state index in [1.165, 1.54) is 4.68 Å². The molecule has 90 valence electrons. The SMILES string of the molecule is CCC1C(C)CNc2nc(C(F)(F)F)nn21. The topological polar surface area (TPSA) is 42.7 Å². The highest BCUT2D eigenvalue weighted by molar-refractivity contribution is 5.29. The van der Waals surface area contributed by atoms with Gasteiger partial charge in [-0.1, -0.05) is 13.8 Å². The molecule has 0 saturated heterocycles. The maximum atomic E-state index is 12.4. The molecule has 2 atom stereocenters. The third-order valence-electron chi connectivity index (χ3n) is 2.86. The van der Waals surface area contributed by atoms with Crippen LogP contribution >= 0.6 is 0 Å². The molecule has 2 rings (SSSR count). The quantitative estimate of drug-likeness (QED) is 0.810. The monoisotopic (exact) mass is 234 g/mol. The van der Waals surface area contributed by atoms with Crippen molar-refractivity contribution in [3.63, 3.8) is 0 Å². The van der Waals surface area contributed by atoms with Crippen LogP contribution in [-0.2, 0) is 6.18 Å². The van der Waals surface area contributed by atoms with Crippen molar-refractivity contribution in [3.8, 4) is 0 Å². The zero-order valence-corrected chi connectivity index (χ0v) is 9.04. The van der Waals surface area contributed by atoms with Crippen molar-refractivity contribution >= 4 is 5.95 Å². The molecule has 0 spiro atoms. The van der Waals surface area contributed by atoms with E-state index in [2.05, 4.69) is 15.4 Å². The third-order valence-corrected chi connectivity index (χ3v) is 2.86. The third kappa shape index (κ3) is 1.74. The number of aromatic nitrogens is 3. The van der Waals surface area contributed by atoms with Crippen LogP contribution in [0.3, 0.4) is 0 Å². The van der Waals surface area contributed by atoms with Gasteiger partial charge in [0.2, 0.25) is 5.95 Å². The Balaban J connectivity index is 2.40. The van der Waals surface area contributed by atoms with Gasteiger partial charge < -0.3 is 5.32 Å². The summed E-state index contributed by atoms with van der Waals surface area (Å²) in [5, 5.41) is 6.40. The summed E-state index contributed by atoms with van der Waals surface area (Å²) in [4.78, 5) is 3.47. The molecule has 0 aliphatic carbocycles. The Hall–Kier alpha value is -1.27. The minimum absolute atomic E-state index is 0.0140. The molecule has 7 heteroatoms. The standard InChI is InChI=1S/C9H13F3N4/c1-3-6-5(2)4-13-8-14-7(9(10,11)12)15-16(6)8/h5-6H,3-4H2,1-2H3,(H,13,14,15). The summed E-state index contributed by atoms with van der Waals surface area (Å²) >= 11 is 0. The Morgan fingerprint density at radius 2 is 2.19 bits per heavy atom. The predicted octanol–water partition coefficient (Wildman–Crippen LogP) is 2.31. The lowest BCUT2D eigenvalue weighted by atomic mass is 9.98. The number of nitrogens with zero attached hydrogens (tertiary/aromatic N) is 3. The molecule has 1 N–H and O–H groups in total. The number of fused-ring (bicyclic) bond motifs is 1. The molecule has 0 bridgehead atoms. The normalized spacial score (nSPS) is 25.1. The van der Waals surface area contributed by atoms with Crippen LogP contribution in [0, 0.1) is 5.92 Å². The zero-order valence-electron chi connectivity index (χ0n) is 9.04.